The minimum Gasteiger partial charge on any atom is -0.469 e. The number of carbonyl (C=O) groups excluding carboxylic acids is 2. The van der Waals surface area contributed by atoms with Gasteiger partial charge in [-0.2, -0.15) is 0 Å². The Morgan fingerprint density at radius 3 is 2.72 bits per heavy atom. The van der Waals surface area contributed by atoms with E-state index in [2.05, 4.69) is 4.74 Å². The highest BCUT2D eigenvalue weighted by molar-refractivity contribution is 5.77. The van der Waals surface area contributed by atoms with Crippen molar-refractivity contribution in [2.75, 3.05) is 7.11 Å². The van der Waals surface area contributed by atoms with Gasteiger partial charge in [0.25, 0.3) is 0 Å². The summed E-state index contributed by atoms with van der Waals surface area (Å²) in [4.78, 5) is 21.7. The van der Waals surface area contributed by atoms with Crippen LogP contribution in [0.25, 0.3) is 0 Å². The quantitative estimate of drug-likeness (QED) is 0.595. The van der Waals surface area contributed by atoms with E-state index in [1.54, 1.807) is 0 Å². The first kappa shape index (κ1) is 14.3. The third kappa shape index (κ3) is 3.12. The van der Waals surface area contributed by atoms with Crippen LogP contribution in [0.2, 0.25) is 0 Å². The average Bonchev–Trinajstić information content (AvgIpc) is 2.37. The molecule has 0 radical (unpaired) electrons. The number of halogens is 1. The second kappa shape index (κ2) is 6.23. The van der Waals surface area contributed by atoms with E-state index in [4.69, 9.17) is 0 Å². The number of rotatable bonds is 5. The molecule has 0 saturated carbocycles. The summed E-state index contributed by atoms with van der Waals surface area (Å²) in [5.74, 6) is -1.57. The normalized spacial score (nSPS) is 13.8. The zero-order valence-electron chi connectivity index (χ0n) is 9.67. The molecule has 6 heteroatoms. The van der Waals surface area contributed by atoms with Crippen LogP contribution >= 0.6 is 0 Å². The number of aldehydes is 1. The van der Waals surface area contributed by atoms with Crippen molar-refractivity contribution in [1.29, 1.82) is 0 Å². The number of carbonyl (C=O) groups is 2. The molecule has 0 aliphatic carbocycles. The van der Waals surface area contributed by atoms with Crippen molar-refractivity contribution in [3.05, 3.63) is 35.1 Å². The van der Waals surface area contributed by atoms with Crippen molar-refractivity contribution in [3.63, 3.8) is 0 Å². The van der Waals surface area contributed by atoms with Crippen molar-refractivity contribution < 1.29 is 28.9 Å². The highest BCUT2D eigenvalue weighted by Gasteiger charge is 2.26. The Morgan fingerprint density at radius 1 is 1.50 bits per heavy atom. The van der Waals surface area contributed by atoms with E-state index >= 15 is 0 Å². The lowest BCUT2D eigenvalue weighted by molar-refractivity contribution is -0.144. The molecule has 2 unspecified atom stereocenters. The summed E-state index contributed by atoms with van der Waals surface area (Å²) in [6.07, 6.45) is -3.35. The SMILES string of the molecule is COC(=O)CC(O)C(O)c1c(F)cccc1C=O. The van der Waals surface area contributed by atoms with Gasteiger partial charge in [-0.1, -0.05) is 12.1 Å². The summed E-state index contributed by atoms with van der Waals surface area (Å²) in [7, 11) is 1.13. The van der Waals surface area contributed by atoms with Crippen LogP contribution in [0.5, 0.6) is 0 Å². The predicted octanol–water partition coefficient (Wildman–Crippen LogP) is 0.596. The van der Waals surface area contributed by atoms with Crippen LogP contribution in [-0.2, 0) is 9.53 Å². The van der Waals surface area contributed by atoms with Crippen molar-refractivity contribution in [2.45, 2.75) is 18.6 Å². The molecule has 0 saturated heterocycles. The van der Waals surface area contributed by atoms with Crippen LogP contribution < -0.4 is 0 Å². The lowest BCUT2D eigenvalue weighted by atomic mass is 9.97. The molecule has 0 heterocycles. The highest BCUT2D eigenvalue weighted by Crippen LogP contribution is 2.25. The molecular formula is C12H13FO5. The van der Waals surface area contributed by atoms with E-state index in [0.29, 0.717) is 6.29 Å². The van der Waals surface area contributed by atoms with E-state index in [1.165, 1.54) is 12.1 Å². The third-order valence-corrected chi connectivity index (χ3v) is 2.48. The number of methoxy groups -OCH3 is 1. The second-order valence-corrected chi connectivity index (χ2v) is 3.65. The minimum atomic E-state index is -1.68. The number of ether oxygens (including phenoxy) is 1. The van der Waals surface area contributed by atoms with Crippen LogP contribution in [0.4, 0.5) is 4.39 Å². The van der Waals surface area contributed by atoms with Crippen molar-refractivity contribution >= 4 is 12.3 Å². The predicted molar refractivity (Wildman–Crippen MR) is 59.4 cm³/mol. The summed E-state index contributed by atoms with van der Waals surface area (Å²) >= 11 is 0. The van der Waals surface area contributed by atoms with Gasteiger partial charge in [-0.3, -0.25) is 9.59 Å². The smallest absolute Gasteiger partial charge is 0.308 e. The molecule has 1 aromatic rings. The van der Waals surface area contributed by atoms with E-state index in [9.17, 15) is 24.2 Å². The molecule has 1 aromatic carbocycles. The first-order valence-electron chi connectivity index (χ1n) is 5.17. The maximum Gasteiger partial charge on any atom is 0.308 e. The molecule has 18 heavy (non-hydrogen) atoms. The first-order valence-corrected chi connectivity index (χ1v) is 5.17. The lowest BCUT2D eigenvalue weighted by Gasteiger charge is -2.19. The fourth-order valence-electron chi connectivity index (χ4n) is 1.53. The van der Waals surface area contributed by atoms with Gasteiger partial charge in [0.1, 0.15) is 11.9 Å². The van der Waals surface area contributed by atoms with Crippen LogP contribution in [0.1, 0.15) is 28.4 Å². The molecule has 5 nitrogen and oxygen atoms in total. The zero-order valence-corrected chi connectivity index (χ0v) is 9.67. The van der Waals surface area contributed by atoms with Gasteiger partial charge >= 0.3 is 5.97 Å². The molecule has 98 valence electrons. The van der Waals surface area contributed by atoms with Crippen molar-refractivity contribution in [3.8, 4) is 0 Å². The summed E-state index contributed by atoms with van der Waals surface area (Å²) in [5.41, 5.74) is -0.407. The monoisotopic (exact) mass is 256 g/mol. The fourth-order valence-corrected chi connectivity index (χ4v) is 1.53. The van der Waals surface area contributed by atoms with Crippen LogP contribution in [0, 0.1) is 5.82 Å². The van der Waals surface area contributed by atoms with E-state index in [-0.39, 0.29) is 11.1 Å². The summed E-state index contributed by atoms with van der Waals surface area (Å²) < 4.78 is 17.8. The standard InChI is InChI=1S/C12H13FO5/c1-18-10(16)5-9(15)12(17)11-7(6-14)3-2-4-8(11)13/h2-4,6,9,12,15,17H,5H2,1H3. The van der Waals surface area contributed by atoms with Crippen LogP contribution in [-0.4, -0.2) is 35.7 Å². The largest absolute Gasteiger partial charge is 0.469 e. The summed E-state index contributed by atoms with van der Waals surface area (Å²) in [5, 5.41) is 19.4. The fraction of sp³-hybridized carbons (Fsp3) is 0.333. The van der Waals surface area contributed by atoms with Gasteiger partial charge in [0.05, 0.1) is 19.6 Å². The Kier molecular flexibility index (Phi) is 4.94. The Labute approximate surface area is 103 Å². The molecule has 2 N–H and O–H groups in total. The van der Waals surface area contributed by atoms with Crippen LogP contribution in [0.3, 0.4) is 0 Å². The van der Waals surface area contributed by atoms with Gasteiger partial charge in [-0.15, -0.1) is 0 Å². The van der Waals surface area contributed by atoms with Crippen molar-refractivity contribution in [2.24, 2.45) is 0 Å². The van der Waals surface area contributed by atoms with Crippen molar-refractivity contribution in [1.82, 2.24) is 0 Å². The third-order valence-electron chi connectivity index (χ3n) is 2.48. The molecule has 0 bridgehead atoms. The maximum absolute atomic E-state index is 13.5. The summed E-state index contributed by atoms with van der Waals surface area (Å²) in [6.45, 7) is 0. The first-order chi connectivity index (χ1) is 8.51. The molecule has 0 aliphatic heterocycles. The molecule has 0 spiro atoms. The Balaban J connectivity index is 2.99. The number of esters is 1. The van der Waals surface area contributed by atoms with Crippen LogP contribution in [0.15, 0.2) is 18.2 Å². The molecule has 2 atom stereocenters. The molecule has 0 aliphatic rings. The number of benzene rings is 1. The molecule has 1 rings (SSSR count). The topological polar surface area (TPSA) is 83.8 Å². The zero-order chi connectivity index (χ0) is 13.7. The maximum atomic E-state index is 13.5. The Morgan fingerprint density at radius 2 is 2.17 bits per heavy atom. The Hall–Kier alpha value is -1.79. The Bertz CT molecular complexity index is 446. The molecule has 0 fully saturated rings. The highest BCUT2D eigenvalue weighted by atomic mass is 19.1. The van der Waals surface area contributed by atoms with Gasteiger partial charge in [0, 0.05) is 11.1 Å². The number of aliphatic hydroxyl groups is 2. The number of hydrogen-bond acceptors (Lipinski definition) is 5. The number of hydrogen-bond donors (Lipinski definition) is 2. The summed E-state index contributed by atoms with van der Waals surface area (Å²) in [6, 6.07) is 3.66. The van der Waals surface area contributed by atoms with Gasteiger partial charge in [-0.05, 0) is 6.07 Å². The molecule has 0 amide bonds. The number of aliphatic hydroxyl groups excluding tert-OH is 2. The molecular weight excluding hydrogens is 243 g/mol. The van der Waals surface area contributed by atoms with E-state index in [0.717, 1.165) is 13.2 Å². The average molecular weight is 256 g/mol. The van der Waals surface area contributed by atoms with Gasteiger partial charge in [-0.25, -0.2) is 4.39 Å². The van der Waals surface area contributed by atoms with Gasteiger partial charge in [0.2, 0.25) is 0 Å². The second-order valence-electron chi connectivity index (χ2n) is 3.65. The minimum absolute atomic E-state index is 0.0774. The lowest BCUT2D eigenvalue weighted by Crippen LogP contribution is -2.24. The van der Waals surface area contributed by atoms with Gasteiger partial charge < -0.3 is 14.9 Å². The van der Waals surface area contributed by atoms with Gasteiger partial charge in [0.15, 0.2) is 6.29 Å². The molecule has 0 aromatic heterocycles. The van der Waals surface area contributed by atoms with E-state index in [1.807, 2.05) is 0 Å². The van der Waals surface area contributed by atoms with E-state index < -0.39 is 30.4 Å².